The van der Waals surface area contributed by atoms with Crippen LogP contribution in [0.2, 0.25) is 0 Å². The maximum atomic E-state index is 4.63. The molecule has 1 aliphatic heterocycles. The fourth-order valence-electron chi connectivity index (χ4n) is 4.64. The molecule has 2 aliphatic rings. The number of fused-ring (bicyclic) bond motifs is 1. The van der Waals surface area contributed by atoms with Crippen molar-refractivity contribution in [1.82, 2.24) is 25.4 Å². The number of guanidine groups is 1. The van der Waals surface area contributed by atoms with Gasteiger partial charge in [0.2, 0.25) is 0 Å². The molecular weight excluding hydrogens is 416 g/mol. The third kappa shape index (κ3) is 3.95. The van der Waals surface area contributed by atoms with Crippen LogP contribution < -0.4 is 10.6 Å². The summed E-state index contributed by atoms with van der Waals surface area (Å²) >= 11 is 3.56. The molecule has 1 fully saturated rings. The van der Waals surface area contributed by atoms with Crippen molar-refractivity contribution in [1.29, 1.82) is 0 Å². The molecule has 4 rings (SSSR count). The molecule has 0 spiro atoms. The Bertz CT molecular complexity index is 835. The van der Waals surface area contributed by atoms with Gasteiger partial charge in [-0.15, -0.1) is 0 Å². The molecule has 2 heterocycles. The molecule has 0 amide bonds. The number of hydrogen-bond acceptors (Lipinski definition) is 3. The first kappa shape index (κ1) is 19.4. The average molecular weight is 445 g/mol. The Balaban J connectivity index is 1.46. The maximum Gasteiger partial charge on any atom is 0.191 e. The standard InChI is InChI=1S/C21H29BrN6/c1-15-25-19-18(6-5-13-28(19)27-15)26-20(23-2)24-14-21(11-3-4-12-21)16-7-9-17(22)10-8-16/h7-10,18H,3-6,11-14H2,1-2H3,(H2,23,24,26). The second-order valence-electron chi connectivity index (χ2n) is 8.00. The van der Waals surface area contributed by atoms with Crippen molar-refractivity contribution in [2.24, 2.45) is 4.99 Å². The highest BCUT2D eigenvalue weighted by atomic mass is 79.9. The average Bonchev–Trinajstić information content (AvgIpc) is 3.32. The number of nitrogens with zero attached hydrogens (tertiary/aromatic N) is 4. The SMILES string of the molecule is CN=C(NCC1(c2ccc(Br)cc2)CCCC1)NC1CCCn2nc(C)nc21. The fourth-order valence-corrected chi connectivity index (χ4v) is 4.90. The number of rotatable bonds is 4. The van der Waals surface area contributed by atoms with E-state index < -0.39 is 0 Å². The van der Waals surface area contributed by atoms with E-state index in [9.17, 15) is 0 Å². The van der Waals surface area contributed by atoms with Crippen molar-refractivity contribution in [3.63, 3.8) is 0 Å². The van der Waals surface area contributed by atoms with E-state index in [0.29, 0.717) is 0 Å². The van der Waals surface area contributed by atoms with Crippen LogP contribution in [0.1, 0.15) is 61.8 Å². The molecule has 0 saturated heterocycles. The van der Waals surface area contributed by atoms with E-state index in [2.05, 4.69) is 65.9 Å². The van der Waals surface area contributed by atoms with Gasteiger partial charge < -0.3 is 10.6 Å². The van der Waals surface area contributed by atoms with Crippen LogP contribution in [-0.4, -0.2) is 34.3 Å². The van der Waals surface area contributed by atoms with Crippen molar-refractivity contribution in [2.75, 3.05) is 13.6 Å². The minimum absolute atomic E-state index is 0.161. The number of aliphatic imine (C=N–C) groups is 1. The van der Waals surface area contributed by atoms with Crippen LogP contribution in [0.3, 0.4) is 0 Å². The monoisotopic (exact) mass is 444 g/mol. The van der Waals surface area contributed by atoms with Crippen LogP contribution in [0, 0.1) is 6.92 Å². The zero-order valence-electron chi connectivity index (χ0n) is 16.7. The molecule has 2 N–H and O–H groups in total. The highest BCUT2D eigenvalue weighted by Gasteiger charge is 2.36. The summed E-state index contributed by atoms with van der Waals surface area (Å²) in [5, 5.41) is 11.7. The predicted molar refractivity (Wildman–Crippen MR) is 116 cm³/mol. The molecule has 150 valence electrons. The molecule has 1 aromatic carbocycles. The normalized spacial score (nSPS) is 21.4. The summed E-state index contributed by atoms with van der Waals surface area (Å²) in [4.78, 5) is 9.12. The Hall–Kier alpha value is -1.89. The number of aromatic nitrogens is 3. The Kier molecular flexibility index (Phi) is 5.71. The van der Waals surface area contributed by atoms with Crippen molar-refractivity contribution >= 4 is 21.9 Å². The quantitative estimate of drug-likeness (QED) is 0.554. The summed E-state index contributed by atoms with van der Waals surface area (Å²) < 4.78 is 3.16. The van der Waals surface area contributed by atoms with E-state index in [0.717, 1.165) is 48.0 Å². The molecule has 1 atom stereocenters. The number of hydrogen-bond donors (Lipinski definition) is 2. The smallest absolute Gasteiger partial charge is 0.191 e. The summed E-state index contributed by atoms with van der Waals surface area (Å²) in [5.41, 5.74) is 1.60. The summed E-state index contributed by atoms with van der Waals surface area (Å²) in [6.45, 7) is 3.80. The number of nitrogens with one attached hydrogen (secondary N) is 2. The van der Waals surface area contributed by atoms with Gasteiger partial charge in [-0.05, 0) is 50.3 Å². The Labute approximate surface area is 175 Å². The molecular formula is C21H29BrN6. The van der Waals surface area contributed by atoms with Gasteiger partial charge in [0.15, 0.2) is 5.96 Å². The maximum absolute atomic E-state index is 4.63. The lowest BCUT2D eigenvalue weighted by Crippen LogP contribution is -2.46. The predicted octanol–water partition coefficient (Wildman–Crippen LogP) is 3.86. The lowest BCUT2D eigenvalue weighted by Gasteiger charge is -2.32. The van der Waals surface area contributed by atoms with Crippen molar-refractivity contribution in [3.8, 4) is 0 Å². The third-order valence-corrected chi connectivity index (χ3v) is 6.66. The van der Waals surface area contributed by atoms with Gasteiger partial charge in [-0.3, -0.25) is 4.99 Å². The first-order valence-corrected chi connectivity index (χ1v) is 11.0. The molecule has 0 bridgehead atoms. The van der Waals surface area contributed by atoms with E-state index in [4.69, 9.17) is 0 Å². The number of benzene rings is 1. The van der Waals surface area contributed by atoms with Gasteiger partial charge in [0.25, 0.3) is 0 Å². The Morgan fingerprint density at radius 1 is 1.25 bits per heavy atom. The molecule has 1 aromatic heterocycles. The van der Waals surface area contributed by atoms with Crippen LogP contribution in [0.25, 0.3) is 0 Å². The van der Waals surface area contributed by atoms with Crippen LogP contribution in [0.15, 0.2) is 33.7 Å². The fraction of sp³-hybridized carbons (Fsp3) is 0.571. The van der Waals surface area contributed by atoms with Crippen LogP contribution >= 0.6 is 15.9 Å². The second kappa shape index (κ2) is 8.23. The zero-order valence-corrected chi connectivity index (χ0v) is 18.3. The van der Waals surface area contributed by atoms with Crippen LogP contribution in [0.5, 0.6) is 0 Å². The molecule has 28 heavy (non-hydrogen) atoms. The highest BCUT2D eigenvalue weighted by Crippen LogP contribution is 2.41. The molecule has 6 nitrogen and oxygen atoms in total. The minimum atomic E-state index is 0.161. The van der Waals surface area contributed by atoms with Crippen LogP contribution in [-0.2, 0) is 12.0 Å². The van der Waals surface area contributed by atoms with Gasteiger partial charge in [-0.25, -0.2) is 9.67 Å². The number of halogens is 1. The summed E-state index contributed by atoms with van der Waals surface area (Å²) in [7, 11) is 1.84. The van der Waals surface area contributed by atoms with Crippen molar-refractivity contribution < 1.29 is 0 Å². The lowest BCUT2D eigenvalue weighted by molar-refractivity contribution is 0.392. The van der Waals surface area contributed by atoms with Crippen molar-refractivity contribution in [3.05, 3.63) is 46.0 Å². The van der Waals surface area contributed by atoms with Gasteiger partial charge in [0.1, 0.15) is 11.6 Å². The van der Waals surface area contributed by atoms with Gasteiger partial charge in [-0.1, -0.05) is 40.9 Å². The highest BCUT2D eigenvalue weighted by molar-refractivity contribution is 9.10. The zero-order chi connectivity index (χ0) is 19.6. The van der Waals surface area contributed by atoms with E-state index in [-0.39, 0.29) is 11.5 Å². The minimum Gasteiger partial charge on any atom is -0.356 e. The number of aryl methyl sites for hydroxylation is 2. The third-order valence-electron chi connectivity index (χ3n) is 6.13. The van der Waals surface area contributed by atoms with E-state index in [1.807, 2.05) is 18.7 Å². The largest absolute Gasteiger partial charge is 0.356 e. The molecule has 1 unspecified atom stereocenters. The molecule has 7 heteroatoms. The molecule has 1 saturated carbocycles. The molecule has 1 aliphatic carbocycles. The van der Waals surface area contributed by atoms with Gasteiger partial charge in [0, 0.05) is 30.0 Å². The Morgan fingerprint density at radius 3 is 2.71 bits per heavy atom. The van der Waals surface area contributed by atoms with Gasteiger partial charge in [0.05, 0.1) is 6.04 Å². The van der Waals surface area contributed by atoms with E-state index in [1.165, 1.54) is 31.2 Å². The summed E-state index contributed by atoms with van der Waals surface area (Å²) in [6, 6.07) is 8.99. The van der Waals surface area contributed by atoms with Crippen LogP contribution in [0.4, 0.5) is 0 Å². The summed E-state index contributed by atoms with van der Waals surface area (Å²) in [6.07, 6.45) is 7.17. The second-order valence-corrected chi connectivity index (χ2v) is 8.92. The summed E-state index contributed by atoms with van der Waals surface area (Å²) in [5.74, 6) is 2.71. The topological polar surface area (TPSA) is 67.1 Å². The van der Waals surface area contributed by atoms with Gasteiger partial charge in [-0.2, -0.15) is 5.10 Å². The molecule has 2 aromatic rings. The Morgan fingerprint density at radius 2 is 2.00 bits per heavy atom. The first-order chi connectivity index (χ1) is 13.6. The van der Waals surface area contributed by atoms with Gasteiger partial charge >= 0.3 is 0 Å². The first-order valence-electron chi connectivity index (χ1n) is 10.2. The van der Waals surface area contributed by atoms with Crippen molar-refractivity contribution in [2.45, 2.75) is 63.5 Å². The van der Waals surface area contributed by atoms with E-state index >= 15 is 0 Å². The molecule has 0 radical (unpaired) electrons. The van der Waals surface area contributed by atoms with E-state index in [1.54, 1.807) is 0 Å². The lowest BCUT2D eigenvalue weighted by atomic mass is 9.79.